The van der Waals surface area contributed by atoms with Crippen molar-refractivity contribution in [1.82, 2.24) is 14.7 Å². The van der Waals surface area contributed by atoms with Crippen LogP contribution in [-0.2, 0) is 20.7 Å². The Balaban J connectivity index is 1.60. The summed E-state index contributed by atoms with van der Waals surface area (Å²) in [6, 6.07) is 7.27. The van der Waals surface area contributed by atoms with Gasteiger partial charge in [-0.1, -0.05) is 18.2 Å². The SMILES string of the molecule is CCN(CC)C(=O)CN1CCN(C(=O)C2(C)Cc3ccccc3C(=O)O2)CC1. The van der Waals surface area contributed by atoms with Crippen LogP contribution < -0.4 is 0 Å². The molecule has 28 heavy (non-hydrogen) atoms. The monoisotopic (exact) mass is 387 g/mol. The van der Waals surface area contributed by atoms with E-state index in [-0.39, 0.29) is 11.8 Å². The lowest BCUT2D eigenvalue weighted by molar-refractivity contribution is -0.153. The maximum Gasteiger partial charge on any atom is 0.339 e. The highest BCUT2D eigenvalue weighted by atomic mass is 16.6. The number of nitrogens with zero attached hydrogens (tertiary/aromatic N) is 3. The molecule has 2 aliphatic rings. The van der Waals surface area contributed by atoms with Gasteiger partial charge in [0.15, 0.2) is 5.60 Å². The van der Waals surface area contributed by atoms with Gasteiger partial charge in [-0.15, -0.1) is 0 Å². The van der Waals surface area contributed by atoms with Crippen molar-refractivity contribution >= 4 is 17.8 Å². The van der Waals surface area contributed by atoms with Gasteiger partial charge in [0.25, 0.3) is 5.91 Å². The molecule has 1 aromatic rings. The zero-order chi connectivity index (χ0) is 20.3. The van der Waals surface area contributed by atoms with Crippen molar-refractivity contribution in [2.75, 3.05) is 45.8 Å². The number of carbonyl (C=O) groups is 3. The van der Waals surface area contributed by atoms with Gasteiger partial charge in [-0.05, 0) is 32.4 Å². The van der Waals surface area contributed by atoms with Crippen LogP contribution in [-0.4, -0.2) is 83.9 Å². The van der Waals surface area contributed by atoms with Crippen LogP contribution in [0.15, 0.2) is 24.3 Å². The van der Waals surface area contributed by atoms with Crippen LogP contribution in [0, 0.1) is 0 Å². The molecule has 0 bridgehead atoms. The number of ether oxygens (including phenoxy) is 1. The smallest absolute Gasteiger partial charge is 0.339 e. The molecular weight excluding hydrogens is 358 g/mol. The number of hydrogen-bond donors (Lipinski definition) is 0. The topological polar surface area (TPSA) is 70.2 Å². The van der Waals surface area contributed by atoms with Gasteiger partial charge in [0.05, 0.1) is 12.1 Å². The van der Waals surface area contributed by atoms with E-state index in [1.54, 1.807) is 24.0 Å². The second kappa shape index (κ2) is 8.31. The molecule has 1 aromatic carbocycles. The standard InChI is InChI=1S/C21H29N3O4/c1-4-23(5-2)18(25)15-22-10-12-24(13-11-22)20(27)21(3)14-16-8-6-7-9-17(16)19(26)28-21/h6-9H,4-5,10-15H2,1-3H3. The minimum atomic E-state index is -1.18. The number of benzene rings is 1. The number of hydrogen-bond acceptors (Lipinski definition) is 5. The number of esters is 1. The first kappa shape index (κ1) is 20.3. The summed E-state index contributed by atoms with van der Waals surface area (Å²) in [6.07, 6.45) is 0.383. The average Bonchev–Trinajstić information content (AvgIpc) is 2.69. The molecule has 2 aliphatic heterocycles. The second-order valence-corrected chi connectivity index (χ2v) is 7.59. The molecule has 7 heteroatoms. The molecule has 0 radical (unpaired) electrons. The zero-order valence-corrected chi connectivity index (χ0v) is 16.9. The van der Waals surface area contributed by atoms with E-state index in [0.717, 1.165) is 5.56 Å². The third-order valence-electron chi connectivity index (χ3n) is 5.67. The zero-order valence-electron chi connectivity index (χ0n) is 16.9. The van der Waals surface area contributed by atoms with Gasteiger partial charge in [0.2, 0.25) is 5.91 Å². The average molecular weight is 387 g/mol. The molecule has 2 heterocycles. The Morgan fingerprint density at radius 3 is 2.39 bits per heavy atom. The maximum absolute atomic E-state index is 13.1. The third-order valence-corrected chi connectivity index (χ3v) is 5.67. The molecule has 0 aromatic heterocycles. The summed E-state index contributed by atoms with van der Waals surface area (Å²) in [5.41, 5.74) is 0.204. The van der Waals surface area contributed by atoms with Gasteiger partial charge < -0.3 is 14.5 Å². The molecule has 0 aliphatic carbocycles. The summed E-state index contributed by atoms with van der Waals surface area (Å²) < 4.78 is 5.56. The van der Waals surface area contributed by atoms with Crippen molar-refractivity contribution in [2.24, 2.45) is 0 Å². The Labute approximate surface area is 166 Å². The molecule has 2 amide bonds. The lowest BCUT2D eigenvalue weighted by Gasteiger charge is -2.41. The van der Waals surface area contributed by atoms with Crippen molar-refractivity contribution in [1.29, 1.82) is 0 Å². The van der Waals surface area contributed by atoms with E-state index in [1.165, 1.54) is 0 Å². The Hall–Kier alpha value is -2.41. The first-order valence-corrected chi connectivity index (χ1v) is 9.98. The van der Waals surface area contributed by atoms with E-state index in [2.05, 4.69) is 4.90 Å². The summed E-state index contributed by atoms with van der Waals surface area (Å²) in [5, 5.41) is 0. The number of amides is 2. The van der Waals surface area contributed by atoms with Crippen LogP contribution in [0.3, 0.4) is 0 Å². The Morgan fingerprint density at radius 2 is 1.75 bits per heavy atom. The number of cyclic esters (lactones) is 1. The molecule has 1 fully saturated rings. The summed E-state index contributed by atoms with van der Waals surface area (Å²) in [5.74, 6) is -0.485. The highest BCUT2D eigenvalue weighted by Gasteiger charge is 2.45. The first-order valence-electron chi connectivity index (χ1n) is 9.98. The predicted octanol–water partition coefficient (Wildman–Crippen LogP) is 1.17. The quantitative estimate of drug-likeness (QED) is 0.710. The second-order valence-electron chi connectivity index (χ2n) is 7.59. The molecule has 7 nitrogen and oxygen atoms in total. The molecule has 0 spiro atoms. The molecule has 3 rings (SSSR count). The van der Waals surface area contributed by atoms with Crippen LogP contribution in [0.1, 0.15) is 36.7 Å². The van der Waals surface area contributed by atoms with E-state index >= 15 is 0 Å². The highest BCUT2D eigenvalue weighted by Crippen LogP contribution is 2.30. The lowest BCUT2D eigenvalue weighted by atomic mass is 9.88. The van der Waals surface area contributed by atoms with Gasteiger partial charge in [0, 0.05) is 45.7 Å². The van der Waals surface area contributed by atoms with Crippen molar-refractivity contribution in [3.05, 3.63) is 35.4 Å². The lowest BCUT2D eigenvalue weighted by Crippen LogP contribution is -2.58. The van der Waals surface area contributed by atoms with Crippen molar-refractivity contribution in [3.8, 4) is 0 Å². The number of rotatable bonds is 5. The van der Waals surface area contributed by atoms with E-state index in [0.29, 0.717) is 57.8 Å². The summed E-state index contributed by atoms with van der Waals surface area (Å²) in [6.45, 7) is 9.77. The molecule has 0 saturated carbocycles. The molecule has 1 atom stereocenters. The highest BCUT2D eigenvalue weighted by molar-refractivity contribution is 5.97. The largest absolute Gasteiger partial charge is 0.445 e. The number of piperazine rings is 1. The molecule has 0 N–H and O–H groups in total. The Morgan fingerprint density at radius 1 is 1.11 bits per heavy atom. The van der Waals surface area contributed by atoms with E-state index < -0.39 is 11.6 Å². The van der Waals surface area contributed by atoms with Crippen LogP contribution in [0.25, 0.3) is 0 Å². The minimum absolute atomic E-state index is 0.120. The summed E-state index contributed by atoms with van der Waals surface area (Å²) in [7, 11) is 0. The van der Waals surface area contributed by atoms with E-state index in [9.17, 15) is 14.4 Å². The maximum atomic E-state index is 13.1. The fourth-order valence-electron chi connectivity index (χ4n) is 3.96. The van der Waals surface area contributed by atoms with Gasteiger partial charge in [-0.25, -0.2) is 4.79 Å². The third kappa shape index (κ3) is 4.04. The molecule has 152 valence electrons. The molecular formula is C21H29N3O4. The van der Waals surface area contributed by atoms with Crippen molar-refractivity contribution in [2.45, 2.75) is 32.8 Å². The number of carbonyl (C=O) groups excluding carboxylic acids is 3. The predicted molar refractivity (Wildman–Crippen MR) is 105 cm³/mol. The van der Waals surface area contributed by atoms with Crippen LogP contribution in [0.2, 0.25) is 0 Å². The number of fused-ring (bicyclic) bond motifs is 1. The van der Waals surface area contributed by atoms with E-state index in [4.69, 9.17) is 4.74 Å². The van der Waals surface area contributed by atoms with Gasteiger partial charge in [-0.3, -0.25) is 14.5 Å². The van der Waals surface area contributed by atoms with Gasteiger partial charge in [0.1, 0.15) is 0 Å². The Bertz CT molecular complexity index is 754. The molecule has 1 unspecified atom stereocenters. The minimum Gasteiger partial charge on any atom is -0.445 e. The van der Waals surface area contributed by atoms with Crippen molar-refractivity contribution in [3.63, 3.8) is 0 Å². The van der Waals surface area contributed by atoms with Crippen molar-refractivity contribution < 1.29 is 19.1 Å². The summed E-state index contributed by atoms with van der Waals surface area (Å²) in [4.78, 5) is 43.4. The van der Waals surface area contributed by atoms with Crippen LogP contribution in [0.5, 0.6) is 0 Å². The fraction of sp³-hybridized carbons (Fsp3) is 0.571. The normalized spacial score (nSPS) is 22.4. The number of likely N-dealkylation sites (N-methyl/N-ethyl adjacent to an activating group) is 1. The van der Waals surface area contributed by atoms with Gasteiger partial charge in [-0.2, -0.15) is 0 Å². The molecule has 1 saturated heterocycles. The summed E-state index contributed by atoms with van der Waals surface area (Å²) >= 11 is 0. The first-order chi connectivity index (χ1) is 13.4. The van der Waals surface area contributed by atoms with Gasteiger partial charge >= 0.3 is 5.97 Å². The van der Waals surface area contributed by atoms with Crippen LogP contribution in [0.4, 0.5) is 0 Å². The fourth-order valence-corrected chi connectivity index (χ4v) is 3.96. The Kier molecular flexibility index (Phi) is 6.03. The van der Waals surface area contributed by atoms with E-state index in [1.807, 2.05) is 30.9 Å². The van der Waals surface area contributed by atoms with Crippen LogP contribution >= 0.6 is 0 Å².